The smallest absolute Gasteiger partial charge is 0.254 e. The molecular formula is C15H19F2N3O. The van der Waals surface area contributed by atoms with E-state index in [1.165, 1.54) is 0 Å². The van der Waals surface area contributed by atoms with Gasteiger partial charge in [0.2, 0.25) is 0 Å². The number of anilines is 1. The van der Waals surface area contributed by atoms with Crippen LogP contribution in [-0.2, 0) is 0 Å². The molecule has 2 N–H and O–H groups in total. The van der Waals surface area contributed by atoms with E-state index in [-0.39, 0.29) is 17.5 Å². The van der Waals surface area contributed by atoms with Gasteiger partial charge in [0.25, 0.3) is 5.91 Å². The first kappa shape index (κ1) is 14.3. The highest BCUT2D eigenvalue weighted by atomic mass is 19.1. The number of halogens is 2. The van der Waals surface area contributed by atoms with Crippen LogP contribution in [0.4, 0.5) is 14.5 Å². The van der Waals surface area contributed by atoms with Crippen molar-refractivity contribution in [2.24, 2.45) is 0 Å². The summed E-state index contributed by atoms with van der Waals surface area (Å²) in [5.41, 5.74) is 4.73. The molecule has 114 valence electrons. The van der Waals surface area contributed by atoms with Gasteiger partial charge in [0.05, 0.1) is 0 Å². The number of hydrogen-bond acceptors (Lipinski definition) is 3. The highest BCUT2D eigenvalue weighted by Gasteiger charge is 2.36. The van der Waals surface area contributed by atoms with Crippen LogP contribution in [0.5, 0.6) is 0 Å². The minimum atomic E-state index is -0.884. The van der Waals surface area contributed by atoms with Gasteiger partial charge in [0.15, 0.2) is 0 Å². The molecule has 0 bridgehead atoms. The average molecular weight is 295 g/mol. The molecule has 6 heteroatoms. The van der Waals surface area contributed by atoms with Crippen LogP contribution in [0.1, 0.15) is 30.1 Å². The number of nitrogens with two attached hydrogens (primary N) is 1. The van der Waals surface area contributed by atoms with Gasteiger partial charge in [-0.05, 0) is 38.4 Å². The molecule has 1 aromatic rings. The predicted molar refractivity (Wildman–Crippen MR) is 75.9 cm³/mol. The fourth-order valence-electron chi connectivity index (χ4n) is 3.34. The number of piperazine rings is 1. The molecule has 0 spiro atoms. The molecule has 1 aromatic carbocycles. The molecule has 2 atom stereocenters. The Bertz CT molecular complexity index is 555. The van der Waals surface area contributed by atoms with E-state index in [1.54, 1.807) is 4.90 Å². The standard InChI is InChI=1S/C15H19F2N3O/c1-9-7-19-4-2-3-11(19)8-20(9)15(21)10-5-12(16)14(18)13(17)6-10/h5-6,9,11H,2-4,7-8,18H2,1H3. The van der Waals surface area contributed by atoms with Crippen molar-refractivity contribution >= 4 is 11.6 Å². The number of benzene rings is 1. The Morgan fingerprint density at radius 2 is 1.95 bits per heavy atom. The third kappa shape index (κ3) is 2.48. The second-order valence-corrected chi connectivity index (χ2v) is 5.95. The first-order valence-electron chi connectivity index (χ1n) is 7.27. The Balaban J connectivity index is 1.84. The van der Waals surface area contributed by atoms with E-state index in [0.29, 0.717) is 12.6 Å². The SMILES string of the molecule is CC1CN2CCCC2CN1C(=O)c1cc(F)c(N)c(F)c1. The highest BCUT2D eigenvalue weighted by Crippen LogP contribution is 2.26. The molecule has 0 aliphatic carbocycles. The maximum Gasteiger partial charge on any atom is 0.254 e. The quantitative estimate of drug-likeness (QED) is 0.805. The van der Waals surface area contributed by atoms with E-state index in [2.05, 4.69) is 4.90 Å². The average Bonchev–Trinajstić information content (AvgIpc) is 2.89. The van der Waals surface area contributed by atoms with Crippen LogP contribution in [-0.4, -0.2) is 47.4 Å². The monoisotopic (exact) mass is 295 g/mol. The topological polar surface area (TPSA) is 49.6 Å². The van der Waals surface area contributed by atoms with Gasteiger partial charge in [0, 0.05) is 30.7 Å². The molecule has 2 aliphatic heterocycles. The zero-order valence-electron chi connectivity index (χ0n) is 12.0. The fraction of sp³-hybridized carbons (Fsp3) is 0.533. The van der Waals surface area contributed by atoms with Crippen LogP contribution < -0.4 is 5.73 Å². The van der Waals surface area contributed by atoms with E-state index in [4.69, 9.17) is 5.73 Å². The van der Waals surface area contributed by atoms with Crippen molar-refractivity contribution in [3.05, 3.63) is 29.3 Å². The molecule has 0 saturated carbocycles. The zero-order chi connectivity index (χ0) is 15.1. The molecule has 2 fully saturated rings. The van der Waals surface area contributed by atoms with Crippen molar-refractivity contribution in [1.29, 1.82) is 0 Å². The molecule has 2 heterocycles. The van der Waals surface area contributed by atoms with E-state index in [1.807, 2.05) is 6.92 Å². The summed E-state index contributed by atoms with van der Waals surface area (Å²) in [7, 11) is 0. The Hall–Kier alpha value is -1.69. The molecule has 2 aliphatic rings. The summed E-state index contributed by atoms with van der Waals surface area (Å²) in [6, 6.07) is 2.45. The molecule has 4 nitrogen and oxygen atoms in total. The number of fused-ring (bicyclic) bond motifs is 1. The van der Waals surface area contributed by atoms with Crippen molar-refractivity contribution in [1.82, 2.24) is 9.80 Å². The minimum absolute atomic E-state index is 0.0255. The summed E-state index contributed by atoms with van der Waals surface area (Å²) in [6.45, 7) is 4.47. The summed E-state index contributed by atoms with van der Waals surface area (Å²) in [4.78, 5) is 16.7. The third-order valence-electron chi connectivity index (χ3n) is 4.52. The lowest BCUT2D eigenvalue weighted by Crippen LogP contribution is -2.56. The summed E-state index contributed by atoms with van der Waals surface area (Å²) >= 11 is 0. The van der Waals surface area contributed by atoms with E-state index >= 15 is 0 Å². The van der Waals surface area contributed by atoms with Crippen LogP contribution in [0.3, 0.4) is 0 Å². The number of hydrogen-bond donors (Lipinski definition) is 1. The Kier molecular flexibility index (Phi) is 3.57. The summed E-state index contributed by atoms with van der Waals surface area (Å²) in [6.07, 6.45) is 2.21. The van der Waals surface area contributed by atoms with Crippen molar-refractivity contribution in [3.63, 3.8) is 0 Å². The number of nitrogen functional groups attached to an aromatic ring is 1. The van der Waals surface area contributed by atoms with Crippen molar-refractivity contribution in [3.8, 4) is 0 Å². The summed E-state index contributed by atoms with van der Waals surface area (Å²) < 4.78 is 27.1. The first-order valence-corrected chi connectivity index (χ1v) is 7.27. The van der Waals surface area contributed by atoms with E-state index in [0.717, 1.165) is 38.1 Å². The van der Waals surface area contributed by atoms with E-state index < -0.39 is 17.3 Å². The second-order valence-electron chi connectivity index (χ2n) is 5.95. The maximum absolute atomic E-state index is 13.5. The van der Waals surface area contributed by atoms with Crippen molar-refractivity contribution in [2.45, 2.75) is 31.8 Å². The lowest BCUT2D eigenvalue weighted by atomic mass is 10.1. The van der Waals surface area contributed by atoms with Crippen LogP contribution >= 0.6 is 0 Å². The molecule has 3 rings (SSSR count). The molecule has 21 heavy (non-hydrogen) atoms. The van der Waals surface area contributed by atoms with Gasteiger partial charge in [-0.15, -0.1) is 0 Å². The zero-order valence-corrected chi connectivity index (χ0v) is 12.0. The largest absolute Gasteiger partial charge is 0.394 e. The van der Waals surface area contributed by atoms with Crippen LogP contribution in [0.25, 0.3) is 0 Å². The van der Waals surface area contributed by atoms with Gasteiger partial charge in [-0.25, -0.2) is 8.78 Å². The van der Waals surface area contributed by atoms with Crippen molar-refractivity contribution < 1.29 is 13.6 Å². The van der Waals surface area contributed by atoms with Crippen molar-refractivity contribution in [2.75, 3.05) is 25.4 Å². The van der Waals surface area contributed by atoms with Gasteiger partial charge in [-0.3, -0.25) is 9.69 Å². The molecule has 0 aromatic heterocycles. The minimum Gasteiger partial charge on any atom is -0.394 e. The number of nitrogens with zero attached hydrogens (tertiary/aromatic N) is 2. The number of amides is 1. The van der Waals surface area contributed by atoms with Gasteiger partial charge >= 0.3 is 0 Å². The third-order valence-corrected chi connectivity index (χ3v) is 4.52. The van der Waals surface area contributed by atoms with E-state index in [9.17, 15) is 13.6 Å². The highest BCUT2D eigenvalue weighted by molar-refractivity contribution is 5.95. The van der Waals surface area contributed by atoms with Crippen LogP contribution in [0.15, 0.2) is 12.1 Å². The predicted octanol–water partition coefficient (Wildman–Crippen LogP) is 1.86. The number of rotatable bonds is 1. The Labute approximate surface area is 122 Å². The second kappa shape index (κ2) is 5.26. The maximum atomic E-state index is 13.5. The molecule has 2 saturated heterocycles. The van der Waals surface area contributed by atoms with Crippen LogP contribution in [0.2, 0.25) is 0 Å². The molecular weight excluding hydrogens is 276 g/mol. The summed E-state index contributed by atoms with van der Waals surface area (Å²) in [5, 5.41) is 0. The molecule has 2 unspecified atom stereocenters. The Morgan fingerprint density at radius 3 is 2.62 bits per heavy atom. The normalized spacial score (nSPS) is 26.0. The van der Waals surface area contributed by atoms with Gasteiger partial charge < -0.3 is 10.6 Å². The Morgan fingerprint density at radius 1 is 1.29 bits per heavy atom. The van der Waals surface area contributed by atoms with Crippen LogP contribution in [0, 0.1) is 11.6 Å². The van der Waals surface area contributed by atoms with Gasteiger partial charge in [-0.2, -0.15) is 0 Å². The fourth-order valence-corrected chi connectivity index (χ4v) is 3.34. The van der Waals surface area contributed by atoms with Gasteiger partial charge in [0.1, 0.15) is 17.3 Å². The summed E-state index contributed by atoms with van der Waals surface area (Å²) in [5.74, 6) is -2.09. The number of carbonyl (C=O) groups is 1. The number of carbonyl (C=O) groups excluding carboxylic acids is 1. The lowest BCUT2D eigenvalue weighted by Gasteiger charge is -2.42. The lowest BCUT2D eigenvalue weighted by molar-refractivity contribution is 0.0394. The molecule has 0 radical (unpaired) electrons. The molecule has 1 amide bonds. The first-order chi connectivity index (χ1) is 9.97. The van der Waals surface area contributed by atoms with Gasteiger partial charge in [-0.1, -0.05) is 0 Å².